The molecule has 0 amide bonds. The molecule has 0 saturated heterocycles. The fraction of sp³-hybridized carbons (Fsp3) is 0.750. The molecule has 0 aliphatic rings. The van der Waals surface area contributed by atoms with Crippen molar-refractivity contribution in [2.24, 2.45) is 4.99 Å². The summed E-state index contributed by atoms with van der Waals surface area (Å²) in [5.74, 6) is 1.77. The molecule has 7 nitrogen and oxygen atoms in total. The summed E-state index contributed by atoms with van der Waals surface area (Å²) in [7, 11) is 1.72. The van der Waals surface area contributed by atoms with E-state index in [0.717, 1.165) is 0 Å². The number of ether oxygens (including phenoxy) is 1. The van der Waals surface area contributed by atoms with Gasteiger partial charge in [-0.15, -0.1) is 24.0 Å². The lowest BCUT2D eigenvalue weighted by atomic mass is 10.4. The first-order valence-electron chi connectivity index (χ1n) is 6.48. The predicted octanol–water partition coefficient (Wildman–Crippen LogP) is 1.86. The lowest BCUT2D eigenvalue weighted by Gasteiger charge is -2.12. The van der Waals surface area contributed by atoms with E-state index in [9.17, 15) is 0 Å². The van der Waals surface area contributed by atoms with Crippen LogP contribution in [0, 0.1) is 0 Å². The Morgan fingerprint density at radius 3 is 2.65 bits per heavy atom. The van der Waals surface area contributed by atoms with Gasteiger partial charge in [-0.1, -0.05) is 5.16 Å². The van der Waals surface area contributed by atoms with Crippen molar-refractivity contribution in [3.8, 4) is 0 Å². The van der Waals surface area contributed by atoms with E-state index in [-0.39, 0.29) is 30.1 Å². The third-order valence-electron chi connectivity index (χ3n) is 2.32. The van der Waals surface area contributed by atoms with Crippen molar-refractivity contribution in [2.45, 2.75) is 46.4 Å². The van der Waals surface area contributed by atoms with Crippen LogP contribution < -0.4 is 10.6 Å². The van der Waals surface area contributed by atoms with E-state index in [1.807, 2.05) is 27.7 Å². The van der Waals surface area contributed by atoms with Crippen LogP contribution in [-0.2, 0) is 11.3 Å². The quantitative estimate of drug-likeness (QED) is 0.433. The number of guanidine groups is 1. The molecule has 1 rings (SSSR count). The van der Waals surface area contributed by atoms with E-state index in [1.54, 1.807) is 7.05 Å². The van der Waals surface area contributed by atoms with Crippen LogP contribution >= 0.6 is 24.0 Å². The molecule has 0 bridgehead atoms. The van der Waals surface area contributed by atoms with Gasteiger partial charge in [0.25, 0.3) is 0 Å². The molecule has 0 aliphatic heterocycles. The SMILES string of the molecule is CCOC(C)c1noc(CNC(=NC)NC(C)C)n1.I. The smallest absolute Gasteiger partial charge is 0.246 e. The van der Waals surface area contributed by atoms with Crippen molar-refractivity contribution in [3.05, 3.63) is 11.7 Å². The topological polar surface area (TPSA) is 84.6 Å². The van der Waals surface area contributed by atoms with Gasteiger partial charge in [-0.25, -0.2) is 0 Å². The third-order valence-corrected chi connectivity index (χ3v) is 2.32. The number of nitrogens with zero attached hydrogens (tertiary/aromatic N) is 3. The molecule has 1 aromatic heterocycles. The molecule has 1 unspecified atom stereocenters. The number of halogens is 1. The van der Waals surface area contributed by atoms with E-state index in [0.29, 0.717) is 36.9 Å². The van der Waals surface area contributed by atoms with Crippen LogP contribution in [0.4, 0.5) is 0 Å². The number of nitrogens with one attached hydrogen (secondary N) is 2. The van der Waals surface area contributed by atoms with E-state index >= 15 is 0 Å². The Balaban J connectivity index is 0.00000361. The Morgan fingerprint density at radius 2 is 2.10 bits per heavy atom. The van der Waals surface area contributed by atoms with E-state index < -0.39 is 0 Å². The van der Waals surface area contributed by atoms with E-state index in [4.69, 9.17) is 9.26 Å². The van der Waals surface area contributed by atoms with Crippen LogP contribution in [0.3, 0.4) is 0 Å². The Bertz CT molecular complexity index is 408. The molecule has 0 spiro atoms. The summed E-state index contributed by atoms with van der Waals surface area (Å²) in [6.07, 6.45) is -0.157. The van der Waals surface area contributed by atoms with Gasteiger partial charge in [0.15, 0.2) is 11.8 Å². The second kappa shape index (κ2) is 9.92. The van der Waals surface area contributed by atoms with Gasteiger partial charge < -0.3 is 19.9 Å². The first-order chi connectivity index (χ1) is 9.06. The number of hydrogen-bond acceptors (Lipinski definition) is 5. The molecule has 0 fully saturated rings. The highest BCUT2D eigenvalue weighted by Crippen LogP contribution is 2.12. The van der Waals surface area contributed by atoms with Gasteiger partial charge in [0, 0.05) is 19.7 Å². The molecule has 20 heavy (non-hydrogen) atoms. The second-order valence-corrected chi connectivity index (χ2v) is 4.37. The molecule has 1 heterocycles. The monoisotopic (exact) mass is 397 g/mol. The average Bonchev–Trinajstić information content (AvgIpc) is 2.83. The minimum atomic E-state index is -0.157. The molecule has 8 heteroatoms. The zero-order valence-electron chi connectivity index (χ0n) is 12.6. The maximum Gasteiger partial charge on any atom is 0.246 e. The van der Waals surface area contributed by atoms with E-state index in [1.165, 1.54) is 0 Å². The minimum Gasteiger partial charge on any atom is -0.371 e. The molecular formula is C12H24IN5O2. The Hall–Kier alpha value is -0.900. The van der Waals surface area contributed by atoms with Crippen molar-refractivity contribution in [1.29, 1.82) is 0 Å². The van der Waals surface area contributed by atoms with Gasteiger partial charge in [-0.2, -0.15) is 4.98 Å². The third kappa shape index (κ3) is 6.51. The number of aliphatic imine (C=N–C) groups is 1. The van der Waals surface area contributed by atoms with Crippen LogP contribution in [0.1, 0.15) is 45.5 Å². The summed E-state index contributed by atoms with van der Waals surface area (Å²) in [4.78, 5) is 8.36. The number of aromatic nitrogens is 2. The maximum absolute atomic E-state index is 5.40. The summed E-state index contributed by atoms with van der Waals surface area (Å²) in [5.41, 5.74) is 0. The molecular weight excluding hydrogens is 373 g/mol. The summed E-state index contributed by atoms with van der Waals surface area (Å²) in [5, 5.41) is 10.2. The molecule has 0 aliphatic carbocycles. The highest BCUT2D eigenvalue weighted by Gasteiger charge is 2.13. The van der Waals surface area contributed by atoms with Gasteiger partial charge in [0.05, 0.1) is 6.54 Å². The number of rotatable bonds is 6. The van der Waals surface area contributed by atoms with Crippen molar-refractivity contribution >= 4 is 29.9 Å². The molecule has 0 saturated carbocycles. The van der Waals surface area contributed by atoms with Crippen molar-refractivity contribution < 1.29 is 9.26 Å². The Labute approximate surface area is 137 Å². The maximum atomic E-state index is 5.40. The van der Waals surface area contributed by atoms with Crippen LogP contribution in [0.5, 0.6) is 0 Å². The summed E-state index contributed by atoms with van der Waals surface area (Å²) < 4.78 is 10.5. The molecule has 1 aromatic rings. The van der Waals surface area contributed by atoms with Gasteiger partial charge in [-0.3, -0.25) is 4.99 Å². The first-order valence-corrected chi connectivity index (χ1v) is 6.48. The number of hydrogen-bond donors (Lipinski definition) is 2. The molecule has 116 valence electrons. The zero-order valence-corrected chi connectivity index (χ0v) is 15.0. The normalized spacial score (nSPS) is 13.0. The second-order valence-electron chi connectivity index (χ2n) is 4.37. The lowest BCUT2D eigenvalue weighted by molar-refractivity contribution is 0.0683. The highest BCUT2D eigenvalue weighted by atomic mass is 127. The summed E-state index contributed by atoms with van der Waals surface area (Å²) >= 11 is 0. The lowest BCUT2D eigenvalue weighted by Crippen LogP contribution is -2.40. The van der Waals surface area contributed by atoms with Crippen LogP contribution in [0.2, 0.25) is 0 Å². The van der Waals surface area contributed by atoms with Crippen molar-refractivity contribution in [2.75, 3.05) is 13.7 Å². The van der Waals surface area contributed by atoms with Crippen LogP contribution in [0.25, 0.3) is 0 Å². The molecule has 1 atom stereocenters. The van der Waals surface area contributed by atoms with Crippen molar-refractivity contribution in [1.82, 2.24) is 20.8 Å². The molecule has 0 radical (unpaired) electrons. The van der Waals surface area contributed by atoms with Gasteiger partial charge in [-0.05, 0) is 27.7 Å². The largest absolute Gasteiger partial charge is 0.371 e. The standard InChI is InChI=1S/C12H23N5O2.HI/c1-6-18-9(4)11-16-10(19-17-11)7-14-12(13-5)15-8(2)3;/h8-9H,6-7H2,1-5H3,(H2,13,14,15);1H. The molecule has 0 aromatic carbocycles. The fourth-order valence-electron chi connectivity index (χ4n) is 1.46. The van der Waals surface area contributed by atoms with Gasteiger partial charge in [0.2, 0.25) is 5.89 Å². The fourth-order valence-corrected chi connectivity index (χ4v) is 1.46. The highest BCUT2D eigenvalue weighted by molar-refractivity contribution is 14.0. The zero-order chi connectivity index (χ0) is 14.3. The van der Waals surface area contributed by atoms with Gasteiger partial charge >= 0.3 is 0 Å². The average molecular weight is 397 g/mol. The Morgan fingerprint density at radius 1 is 1.40 bits per heavy atom. The summed E-state index contributed by atoms with van der Waals surface area (Å²) in [6, 6.07) is 0.308. The Kier molecular flexibility index (Phi) is 9.47. The van der Waals surface area contributed by atoms with Crippen LogP contribution in [0.15, 0.2) is 9.52 Å². The van der Waals surface area contributed by atoms with Crippen molar-refractivity contribution in [3.63, 3.8) is 0 Å². The molecule has 2 N–H and O–H groups in total. The predicted molar refractivity (Wildman–Crippen MR) is 88.2 cm³/mol. The minimum absolute atomic E-state index is 0. The van der Waals surface area contributed by atoms with Gasteiger partial charge in [0.1, 0.15) is 6.10 Å². The van der Waals surface area contributed by atoms with E-state index in [2.05, 4.69) is 25.8 Å². The first kappa shape index (κ1) is 19.1. The summed E-state index contributed by atoms with van der Waals surface area (Å²) in [6.45, 7) is 8.96. The van der Waals surface area contributed by atoms with Crippen LogP contribution in [-0.4, -0.2) is 35.8 Å².